The molecule has 0 aliphatic carbocycles. The molecule has 0 saturated carbocycles. The van der Waals surface area contributed by atoms with Crippen LogP contribution >= 0.6 is 11.3 Å². The number of imide groups is 1. The minimum atomic E-state index is -1.66. The number of benzene rings is 2. The van der Waals surface area contributed by atoms with Crippen LogP contribution in [0.4, 0.5) is 16.2 Å². The number of nitrogens with zero attached hydrogens (tertiary/aromatic N) is 1. The normalized spacial score (nSPS) is 13.9. The van der Waals surface area contributed by atoms with Crippen LogP contribution in [0, 0.1) is 0 Å². The molecule has 10 heteroatoms. The molecule has 3 aromatic rings. The van der Waals surface area contributed by atoms with Gasteiger partial charge in [-0.05, 0) is 60.5 Å². The molecular weight excluding hydrogens is 462 g/mol. The predicted octanol–water partition coefficient (Wildman–Crippen LogP) is 3.89. The Kier molecular flexibility index (Phi) is 6.57. The highest BCUT2D eigenvalue weighted by molar-refractivity contribution is 7.86. The summed E-state index contributed by atoms with van der Waals surface area (Å²) in [5.41, 5.74) is 1.88. The first-order valence-corrected chi connectivity index (χ1v) is 12.1. The Balaban J connectivity index is 1.44. The number of aryl methyl sites for hydroxylation is 1. The molecule has 1 unspecified atom stereocenters. The van der Waals surface area contributed by atoms with Crippen LogP contribution in [-0.4, -0.2) is 29.2 Å². The fourth-order valence-electron chi connectivity index (χ4n) is 3.41. The molecular formula is C23H21N3O5S2. The lowest BCUT2D eigenvalue weighted by atomic mass is 9.97. The van der Waals surface area contributed by atoms with Gasteiger partial charge in [0, 0.05) is 16.1 Å². The number of amides is 4. The molecule has 0 fully saturated rings. The monoisotopic (exact) mass is 483 g/mol. The van der Waals surface area contributed by atoms with Gasteiger partial charge < -0.3 is 10.1 Å². The summed E-state index contributed by atoms with van der Waals surface area (Å²) in [6, 6.07) is 14.3. The van der Waals surface area contributed by atoms with Gasteiger partial charge in [0.2, 0.25) is 5.91 Å². The summed E-state index contributed by atoms with van der Waals surface area (Å²) in [6.07, 6.45) is 0.934. The van der Waals surface area contributed by atoms with Gasteiger partial charge in [0.05, 0.1) is 19.2 Å². The Morgan fingerprint density at radius 3 is 2.55 bits per heavy atom. The third kappa shape index (κ3) is 4.81. The topological polar surface area (TPSA) is 105 Å². The highest BCUT2D eigenvalue weighted by atomic mass is 32.2. The van der Waals surface area contributed by atoms with Crippen LogP contribution in [0.5, 0.6) is 5.75 Å². The van der Waals surface area contributed by atoms with Crippen molar-refractivity contribution < 1.29 is 23.3 Å². The number of thiophene rings is 1. The Labute approximate surface area is 197 Å². The second-order valence-electron chi connectivity index (χ2n) is 7.18. The lowest BCUT2D eigenvalue weighted by Gasteiger charge is -2.27. The third-order valence-electron chi connectivity index (χ3n) is 5.08. The summed E-state index contributed by atoms with van der Waals surface area (Å²) in [4.78, 5) is 40.0. The second kappa shape index (κ2) is 9.55. The molecule has 2 heterocycles. The molecule has 1 aromatic heterocycles. The van der Waals surface area contributed by atoms with Gasteiger partial charge in [-0.25, -0.2) is 13.9 Å². The molecule has 0 bridgehead atoms. The molecule has 2 N–H and O–H groups in total. The summed E-state index contributed by atoms with van der Waals surface area (Å²) in [7, 11) is -0.149. The van der Waals surface area contributed by atoms with Crippen LogP contribution in [0.25, 0.3) is 0 Å². The third-order valence-corrected chi connectivity index (χ3v) is 7.68. The summed E-state index contributed by atoms with van der Waals surface area (Å²) in [5, 5.41) is 2.60. The van der Waals surface area contributed by atoms with Crippen LogP contribution in [-0.2, 0) is 28.6 Å². The van der Waals surface area contributed by atoms with E-state index in [1.165, 1.54) is 18.4 Å². The first kappa shape index (κ1) is 22.7. The van der Waals surface area contributed by atoms with E-state index in [1.807, 2.05) is 13.0 Å². The maximum Gasteiger partial charge on any atom is 0.331 e. The van der Waals surface area contributed by atoms with Crippen molar-refractivity contribution in [3.8, 4) is 5.75 Å². The number of hydrogen-bond acceptors (Lipinski definition) is 6. The van der Waals surface area contributed by atoms with E-state index in [-0.39, 0.29) is 12.3 Å². The van der Waals surface area contributed by atoms with E-state index < -0.39 is 22.9 Å². The van der Waals surface area contributed by atoms with Crippen molar-refractivity contribution in [3.05, 3.63) is 70.6 Å². The number of ether oxygens (including phenoxy) is 1. The SMILES string of the molecule is CCc1ccc(S(=O)NC(=O)Nc2ccc(N3C(=O)Cc4ccc(OC)cc4C3=O)cc2)s1. The largest absolute Gasteiger partial charge is 0.497 e. The number of carbonyl (C=O) groups excluding carboxylic acids is 3. The van der Waals surface area contributed by atoms with Gasteiger partial charge in [-0.2, -0.15) is 0 Å². The maximum atomic E-state index is 13.0. The minimum Gasteiger partial charge on any atom is -0.497 e. The standard InChI is InChI=1S/C23H21N3O5S2/c1-3-18-10-11-21(32-18)33(30)25-23(29)24-15-5-7-16(8-6-15)26-20(27)12-14-4-9-17(31-2)13-19(14)22(26)28/h4-11,13H,3,12H2,1-2H3,(H2,24,25,29). The molecule has 0 radical (unpaired) electrons. The van der Waals surface area contributed by atoms with Crippen LogP contribution in [0.3, 0.4) is 0 Å². The van der Waals surface area contributed by atoms with Crippen LogP contribution < -0.4 is 19.7 Å². The summed E-state index contributed by atoms with van der Waals surface area (Å²) >= 11 is 1.38. The van der Waals surface area contributed by atoms with Gasteiger partial charge in [0.25, 0.3) is 5.91 Å². The Bertz CT molecular complexity index is 1250. The molecule has 4 amide bonds. The molecule has 1 aliphatic heterocycles. The van der Waals surface area contributed by atoms with Crippen molar-refractivity contribution in [1.82, 2.24) is 4.72 Å². The average molecular weight is 484 g/mol. The van der Waals surface area contributed by atoms with Crippen molar-refractivity contribution in [2.75, 3.05) is 17.3 Å². The predicted molar refractivity (Wildman–Crippen MR) is 127 cm³/mol. The second-order valence-corrected chi connectivity index (χ2v) is 9.79. The van der Waals surface area contributed by atoms with Crippen molar-refractivity contribution >= 4 is 51.5 Å². The Morgan fingerprint density at radius 1 is 1.12 bits per heavy atom. The molecule has 0 saturated heterocycles. The molecule has 8 nitrogen and oxygen atoms in total. The van der Waals surface area contributed by atoms with Crippen molar-refractivity contribution in [2.24, 2.45) is 0 Å². The van der Waals surface area contributed by atoms with Gasteiger partial charge in [-0.15, -0.1) is 11.3 Å². The number of anilines is 2. The Morgan fingerprint density at radius 2 is 1.88 bits per heavy atom. The van der Waals surface area contributed by atoms with Crippen LogP contribution in [0.2, 0.25) is 0 Å². The summed E-state index contributed by atoms with van der Waals surface area (Å²) in [6.45, 7) is 2.00. The first-order chi connectivity index (χ1) is 15.9. The van der Waals surface area contributed by atoms with E-state index in [9.17, 15) is 18.6 Å². The van der Waals surface area contributed by atoms with E-state index in [0.29, 0.717) is 32.5 Å². The fraction of sp³-hybridized carbons (Fsp3) is 0.174. The van der Waals surface area contributed by atoms with Crippen molar-refractivity contribution in [3.63, 3.8) is 0 Å². The Hall–Kier alpha value is -3.50. The zero-order valence-corrected chi connectivity index (χ0v) is 19.5. The van der Waals surface area contributed by atoms with Gasteiger partial charge in [0.15, 0.2) is 11.0 Å². The number of rotatable bonds is 6. The lowest BCUT2D eigenvalue weighted by Crippen LogP contribution is -2.42. The maximum absolute atomic E-state index is 13.0. The molecule has 0 spiro atoms. The van der Waals surface area contributed by atoms with Crippen LogP contribution in [0.15, 0.2) is 58.8 Å². The zero-order valence-electron chi connectivity index (χ0n) is 17.9. The van der Waals surface area contributed by atoms with Gasteiger partial charge in [-0.1, -0.05) is 13.0 Å². The lowest BCUT2D eigenvalue weighted by molar-refractivity contribution is -0.117. The van der Waals surface area contributed by atoms with Crippen LogP contribution in [0.1, 0.15) is 27.7 Å². The van der Waals surface area contributed by atoms with Crippen molar-refractivity contribution in [2.45, 2.75) is 24.0 Å². The molecule has 2 aromatic carbocycles. The smallest absolute Gasteiger partial charge is 0.331 e. The molecule has 1 aliphatic rings. The van der Waals surface area contributed by atoms with E-state index in [0.717, 1.165) is 16.2 Å². The van der Waals surface area contributed by atoms with Crippen molar-refractivity contribution in [1.29, 1.82) is 0 Å². The van der Waals surface area contributed by atoms with E-state index >= 15 is 0 Å². The quantitative estimate of drug-likeness (QED) is 0.518. The highest BCUT2D eigenvalue weighted by Crippen LogP contribution is 2.29. The molecule has 33 heavy (non-hydrogen) atoms. The first-order valence-electron chi connectivity index (χ1n) is 10.1. The van der Waals surface area contributed by atoms with E-state index in [4.69, 9.17) is 4.74 Å². The summed E-state index contributed by atoms with van der Waals surface area (Å²) < 4.78 is 20.5. The number of urea groups is 1. The van der Waals surface area contributed by atoms with Gasteiger partial charge >= 0.3 is 6.03 Å². The number of methoxy groups -OCH3 is 1. The average Bonchev–Trinajstić information content (AvgIpc) is 3.29. The highest BCUT2D eigenvalue weighted by Gasteiger charge is 2.32. The fourth-order valence-corrected chi connectivity index (χ4v) is 5.34. The molecule has 170 valence electrons. The van der Waals surface area contributed by atoms with Gasteiger partial charge in [-0.3, -0.25) is 14.3 Å². The molecule has 1 atom stereocenters. The van der Waals surface area contributed by atoms with Gasteiger partial charge in [0.1, 0.15) is 9.96 Å². The van der Waals surface area contributed by atoms with E-state index in [1.54, 1.807) is 48.5 Å². The molecule has 4 rings (SSSR count). The number of nitrogens with one attached hydrogen (secondary N) is 2. The number of carbonyl (C=O) groups is 3. The summed E-state index contributed by atoms with van der Waals surface area (Å²) in [5.74, 6) is -0.238. The number of fused-ring (bicyclic) bond motifs is 1. The number of hydrogen-bond donors (Lipinski definition) is 2. The van der Waals surface area contributed by atoms with E-state index in [2.05, 4.69) is 10.0 Å². The zero-order chi connectivity index (χ0) is 23.5. The minimum absolute atomic E-state index is 0.0990.